The van der Waals surface area contributed by atoms with Crippen molar-refractivity contribution in [1.29, 1.82) is 0 Å². The summed E-state index contributed by atoms with van der Waals surface area (Å²) in [6.45, 7) is 1.58. The molecule has 3 rings (SSSR count). The molecule has 1 aromatic heterocycles. The molecule has 7 heteroatoms. The largest absolute Gasteiger partial charge is 0.481 e. The van der Waals surface area contributed by atoms with E-state index in [0.717, 1.165) is 15.8 Å². The zero-order valence-electron chi connectivity index (χ0n) is 14.8. The second kappa shape index (κ2) is 10.2. The number of hydrogen-bond acceptors (Lipinski definition) is 5. The molecule has 0 spiro atoms. The Labute approximate surface area is 160 Å². The Morgan fingerprint density at radius 2 is 1.67 bits per heavy atom. The molecule has 0 atom stereocenters. The quantitative estimate of drug-likeness (QED) is 0.636. The molecule has 0 aliphatic carbocycles. The third-order valence-electron chi connectivity index (χ3n) is 3.49. The number of Topliss-reactive ketones (excluding diaryl/α,β-unsaturated/α-hetero) is 1. The standard InChI is InChI=1S/C17H14N2O2S.C3H6O2/c20-14(17-19-13-8-4-5-9-15(13)22-17)11-18-16(21)10-12-6-2-1-3-7-12;1-2-3(4)5/h1-9H,10-11H2,(H,18,21);2H2,1H3,(H,4,5). The molecular weight excluding hydrogens is 364 g/mol. The van der Waals surface area contributed by atoms with E-state index in [0.29, 0.717) is 5.01 Å². The summed E-state index contributed by atoms with van der Waals surface area (Å²) in [6.07, 6.45) is 0.494. The van der Waals surface area contributed by atoms with Gasteiger partial charge in [-0.15, -0.1) is 11.3 Å². The molecule has 27 heavy (non-hydrogen) atoms. The molecular formula is C20H20N2O4S. The third kappa shape index (κ3) is 6.63. The average molecular weight is 384 g/mol. The molecule has 0 radical (unpaired) electrons. The number of aromatic nitrogens is 1. The topological polar surface area (TPSA) is 96.4 Å². The number of thiazole rings is 1. The number of rotatable bonds is 6. The molecule has 0 aliphatic heterocycles. The van der Waals surface area contributed by atoms with Crippen LogP contribution in [-0.2, 0) is 16.0 Å². The number of benzene rings is 2. The predicted octanol–water partition coefficient (Wildman–Crippen LogP) is 3.32. The number of fused-ring (bicyclic) bond motifs is 1. The highest BCUT2D eigenvalue weighted by Crippen LogP contribution is 2.21. The molecule has 0 unspecified atom stereocenters. The fourth-order valence-corrected chi connectivity index (χ4v) is 2.99. The van der Waals surface area contributed by atoms with Crippen molar-refractivity contribution < 1.29 is 19.5 Å². The molecule has 0 saturated carbocycles. The van der Waals surface area contributed by atoms with Gasteiger partial charge in [-0.3, -0.25) is 14.4 Å². The summed E-state index contributed by atoms with van der Waals surface area (Å²) in [4.78, 5) is 37.6. The van der Waals surface area contributed by atoms with Gasteiger partial charge in [0.2, 0.25) is 11.7 Å². The summed E-state index contributed by atoms with van der Waals surface area (Å²) >= 11 is 1.35. The normalized spacial score (nSPS) is 9.96. The highest BCUT2D eigenvalue weighted by molar-refractivity contribution is 7.20. The second-order valence-electron chi connectivity index (χ2n) is 5.60. The van der Waals surface area contributed by atoms with Gasteiger partial charge in [0.15, 0.2) is 5.01 Å². The first-order chi connectivity index (χ1) is 13.0. The Bertz CT molecular complexity index is 889. The molecule has 3 aromatic rings. The summed E-state index contributed by atoms with van der Waals surface area (Å²) in [7, 11) is 0. The average Bonchev–Trinajstić information content (AvgIpc) is 3.11. The van der Waals surface area contributed by atoms with Gasteiger partial charge in [0.1, 0.15) is 0 Å². The SMILES string of the molecule is CCC(=O)O.O=C(Cc1ccccc1)NCC(=O)c1nc2ccccc2s1. The highest BCUT2D eigenvalue weighted by Gasteiger charge is 2.13. The fraction of sp³-hybridized carbons (Fsp3) is 0.200. The van der Waals surface area contributed by atoms with Crippen LogP contribution in [-0.4, -0.2) is 34.3 Å². The lowest BCUT2D eigenvalue weighted by Crippen LogP contribution is -2.30. The number of amides is 1. The molecule has 140 valence electrons. The van der Waals surface area contributed by atoms with Crippen molar-refractivity contribution in [3.8, 4) is 0 Å². The summed E-state index contributed by atoms with van der Waals surface area (Å²) in [5, 5.41) is 10.8. The van der Waals surface area contributed by atoms with Crippen molar-refractivity contribution in [1.82, 2.24) is 10.3 Å². The summed E-state index contributed by atoms with van der Waals surface area (Å²) in [5.41, 5.74) is 1.74. The van der Waals surface area contributed by atoms with Crippen LogP contribution in [0.25, 0.3) is 10.2 Å². The molecule has 0 aliphatic rings. The molecule has 2 N–H and O–H groups in total. The fourth-order valence-electron chi connectivity index (χ4n) is 2.09. The van der Waals surface area contributed by atoms with Crippen molar-refractivity contribution in [2.24, 2.45) is 0 Å². The van der Waals surface area contributed by atoms with E-state index in [-0.39, 0.29) is 31.1 Å². The van der Waals surface area contributed by atoms with Crippen LogP contribution in [0.5, 0.6) is 0 Å². The lowest BCUT2D eigenvalue weighted by molar-refractivity contribution is -0.136. The molecule has 1 amide bonds. The van der Waals surface area contributed by atoms with Crippen LogP contribution < -0.4 is 5.32 Å². The maximum absolute atomic E-state index is 12.1. The lowest BCUT2D eigenvalue weighted by atomic mass is 10.1. The Kier molecular flexibility index (Phi) is 7.63. The number of nitrogens with zero attached hydrogens (tertiary/aromatic N) is 1. The Morgan fingerprint density at radius 3 is 2.30 bits per heavy atom. The molecule has 6 nitrogen and oxygen atoms in total. The number of hydrogen-bond donors (Lipinski definition) is 2. The molecule has 0 bridgehead atoms. The van der Waals surface area contributed by atoms with Crippen molar-refractivity contribution in [2.45, 2.75) is 19.8 Å². The summed E-state index contributed by atoms with van der Waals surface area (Å²) < 4.78 is 0.974. The van der Waals surface area contributed by atoms with E-state index in [2.05, 4.69) is 10.3 Å². The van der Waals surface area contributed by atoms with Crippen molar-refractivity contribution >= 4 is 39.2 Å². The lowest BCUT2D eigenvalue weighted by Gasteiger charge is -2.03. The Hall–Kier alpha value is -3.06. The third-order valence-corrected chi connectivity index (χ3v) is 4.57. The van der Waals surface area contributed by atoms with E-state index in [4.69, 9.17) is 5.11 Å². The van der Waals surface area contributed by atoms with Gasteiger partial charge in [0.05, 0.1) is 23.2 Å². The van der Waals surface area contributed by atoms with Gasteiger partial charge in [-0.2, -0.15) is 0 Å². The predicted molar refractivity (Wildman–Crippen MR) is 105 cm³/mol. The van der Waals surface area contributed by atoms with E-state index in [9.17, 15) is 14.4 Å². The first-order valence-corrected chi connectivity index (χ1v) is 9.22. The van der Waals surface area contributed by atoms with Crippen LogP contribution in [0.4, 0.5) is 0 Å². The summed E-state index contributed by atoms with van der Waals surface area (Å²) in [5.74, 6) is -1.08. The zero-order valence-corrected chi connectivity index (χ0v) is 15.7. The first-order valence-electron chi connectivity index (χ1n) is 8.40. The van der Waals surface area contributed by atoms with Gasteiger partial charge in [0.25, 0.3) is 0 Å². The molecule has 1 heterocycles. The highest BCUT2D eigenvalue weighted by atomic mass is 32.1. The van der Waals surface area contributed by atoms with Gasteiger partial charge < -0.3 is 10.4 Å². The number of carboxylic acid groups (broad SMARTS) is 1. The minimum atomic E-state index is -0.745. The monoisotopic (exact) mass is 384 g/mol. The van der Waals surface area contributed by atoms with Gasteiger partial charge >= 0.3 is 5.97 Å². The van der Waals surface area contributed by atoms with Crippen LogP contribution in [0, 0.1) is 0 Å². The van der Waals surface area contributed by atoms with Crippen molar-refractivity contribution in [3.05, 3.63) is 65.2 Å². The van der Waals surface area contributed by atoms with E-state index in [1.165, 1.54) is 11.3 Å². The number of carbonyl (C=O) groups excluding carboxylic acids is 2. The molecule has 2 aromatic carbocycles. The van der Waals surface area contributed by atoms with Gasteiger partial charge in [-0.1, -0.05) is 49.4 Å². The van der Waals surface area contributed by atoms with Crippen LogP contribution in [0.15, 0.2) is 54.6 Å². The maximum atomic E-state index is 12.1. The first kappa shape index (κ1) is 20.3. The maximum Gasteiger partial charge on any atom is 0.303 e. The second-order valence-corrected chi connectivity index (χ2v) is 6.63. The minimum Gasteiger partial charge on any atom is -0.481 e. The van der Waals surface area contributed by atoms with Crippen LogP contribution in [0.1, 0.15) is 28.7 Å². The van der Waals surface area contributed by atoms with Crippen LogP contribution >= 0.6 is 11.3 Å². The van der Waals surface area contributed by atoms with Gasteiger partial charge in [-0.05, 0) is 17.7 Å². The molecule has 0 saturated heterocycles. The number of para-hydroxylation sites is 1. The van der Waals surface area contributed by atoms with Gasteiger partial charge in [-0.25, -0.2) is 4.98 Å². The van der Waals surface area contributed by atoms with E-state index >= 15 is 0 Å². The van der Waals surface area contributed by atoms with Crippen LogP contribution in [0.3, 0.4) is 0 Å². The minimum absolute atomic E-state index is 0.0223. The van der Waals surface area contributed by atoms with Gasteiger partial charge in [0, 0.05) is 6.42 Å². The number of carboxylic acids is 1. The van der Waals surface area contributed by atoms with E-state index < -0.39 is 5.97 Å². The number of aliphatic carboxylic acids is 1. The summed E-state index contributed by atoms with van der Waals surface area (Å²) in [6, 6.07) is 17.0. The Morgan fingerprint density at radius 1 is 1.04 bits per heavy atom. The Balaban J connectivity index is 0.000000465. The molecule has 0 fully saturated rings. The smallest absolute Gasteiger partial charge is 0.303 e. The van der Waals surface area contributed by atoms with Crippen molar-refractivity contribution in [3.63, 3.8) is 0 Å². The van der Waals surface area contributed by atoms with E-state index in [1.807, 2.05) is 54.6 Å². The van der Waals surface area contributed by atoms with Crippen molar-refractivity contribution in [2.75, 3.05) is 6.54 Å². The number of ketones is 1. The van der Waals surface area contributed by atoms with E-state index in [1.54, 1.807) is 6.92 Å². The number of nitrogens with one attached hydrogen (secondary N) is 1. The number of carbonyl (C=O) groups is 3. The zero-order chi connectivity index (χ0) is 19.6. The van der Waals surface area contributed by atoms with Crippen LogP contribution in [0.2, 0.25) is 0 Å².